The van der Waals surface area contributed by atoms with E-state index in [4.69, 9.17) is 14.5 Å². The van der Waals surface area contributed by atoms with Gasteiger partial charge in [0.05, 0.1) is 24.3 Å². The molecule has 2 aromatic carbocycles. The molecule has 0 spiro atoms. The Labute approximate surface area is 294 Å². The van der Waals surface area contributed by atoms with Crippen molar-refractivity contribution in [2.24, 2.45) is 11.8 Å². The van der Waals surface area contributed by atoms with Crippen LogP contribution in [-0.4, -0.2) is 51.7 Å². The summed E-state index contributed by atoms with van der Waals surface area (Å²) < 4.78 is 14.0. The van der Waals surface area contributed by atoms with E-state index in [9.17, 15) is 9.59 Å². The fraction of sp³-hybridized carbons (Fsp3) is 0.500. The van der Waals surface area contributed by atoms with Crippen LogP contribution in [0.1, 0.15) is 103 Å². The van der Waals surface area contributed by atoms with Crippen LogP contribution in [0.5, 0.6) is 0 Å². The highest BCUT2D eigenvalue weighted by atomic mass is 16.6. The zero-order valence-corrected chi connectivity index (χ0v) is 31.8. The Bertz CT molecular complexity index is 1730. The molecule has 1 unspecified atom stereocenters. The summed E-state index contributed by atoms with van der Waals surface area (Å²) in [5, 5.41) is 0.813. The van der Waals surface area contributed by atoms with Gasteiger partial charge in [-0.3, -0.25) is 4.79 Å². The standard InChI is InChI=1S/C42H57N3O4/c1-27(2)23-44(24-28(3)4)39(46)42(11,12)34-21-35-36(31(7)25-48-26-32-16-14-13-15-17-32)37(33-19-29(5)18-30(6)20-33)45(38(35)43-22-34)40(47)49-41(8,9)10/h13-22,27-28,31H,23-26H2,1-12H3. The topological polar surface area (TPSA) is 73.7 Å². The van der Waals surface area contributed by atoms with Gasteiger partial charge in [-0.2, -0.15) is 0 Å². The van der Waals surface area contributed by atoms with Gasteiger partial charge in [0.15, 0.2) is 0 Å². The van der Waals surface area contributed by atoms with Crippen molar-refractivity contribution in [3.63, 3.8) is 0 Å². The van der Waals surface area contributed by atoms with Gasteiger partial charge in [0.1, 0.15) is 11.2 Å². The average Bonchev–Trinajstić information content (AvgIpc) is 3.34. The molecule has 0 fully saturated rings. The van der Waals surface area contributed by atoms with E-state index in [1.807, 2.05) is 57.7 Å². The fourth-order valence-corrected chi connectivity index (χ4v) is 6.56. The number of hydrogen-bond acceptors (Lipinski definition) is 5. The van der Waals surface area contributed by atoms with Gasteiger partial charge in [0.2, 0.25) is 5.91 Å². The lowest BCUT2D eigenvalue weighted by molar-refractivity contribution is -0.137. The minimum Gasteiger partial charge on any atom is -0.443 e. The molecule has 0 bridgehead atoms. The van der Waals surface area contributed by atoms with Gasteiger partial charge < -0.3 is 14.4 Å². The molecule has 4 aromatic rings. The maximum Gasteiger partial charge on any atom is 0.420 e. The maximum atomic E-state index is 14.3. The van der Waals surface area contributed by atoms with Crippen LogP contribution in [0.4, 0.5) is 4.79 Å². The van der Waals surface area contributed by atoms with E-state index in [-0.39, 0.29) is 11.8 Å². The van der Waals surface area contributed by atoms with Gasteiger partial charge in [-0.1, -0.05) is 82.1 Å². The van der Waals surface area contributed by atoms with E-state index >= 15 is 0 Å². The van der Waals surface area contributed by atoms with Gasteiger partial charge >= 0.3 is 6.09 Å². The Morgan fingerprint density at radius 2 is 1.45 bits per heavy atom. The molecule has 4 rings (SSSR count). The Hall–Kier alpha value is -3.97. The molecule has 0 radical (unpaired) electrons. The third-order valence-corrected chi connectivity index (χ3v) is 8.61. The molecule has 2 aromatic heterocycles. The number of aryl methyl sites for hydroxylation is 2. The number of aromatic nitrogens is 2. The van der Waals surface area contributed by atoms with Crippen molar-refractivity contribution in [3.8, 4) is 11.3 Å². The van der Waals surface area contributed by atoms with Crippen LogP contribution in [0.3, 0.4) is 0 Å². The number of hydrogen-bond donors (Lipinski definition) is 0. The minimum absolute atomic E-state index is 0.0675. The molecule has 0 N–H and O–H groups in total. The Morgan fingerprint density at radius 3 is 2.00 bits per heavy atom. The summed E-state index contributed by atoms with van der Waals surface area (Å²) in [6.45, 7) is 26.6. The van der Waals surface area contributed by atoms with Crippen LogP contribution in [0.15, 0.2) is 60.8 Å². The van der Waals surface area contributed by atoms with E-state index in [1.165, 1.54) is 0 Å². The number of fused-ring (bicyclic) bond motifs is 1. The molecule has 0 saturated heterocycles. The van der Waals surface area contributed by atoms with Crippen molar-refractivity contribution < 1.29 is 19.1 Å². The Kier molecular flexibility index (Phi) is 11.8. The number of amides is 1. The van der Waals surface area contributed by atoms with Crippen molar-refractivity contribution in [1.82, 2.24) is 14.5 Å². The first kappa shape index (κ1) is 37.8. The zero-order chi connectivity index (χ0) is 36.3. The van der Waals surface area contributed by atoms with Crippen molar-refractivity contribution in [2.45, 2.75) is 107 Å². The van der Waals surface area contributed by atoms with Gasteiger partial charge in [-0.15, -0.1) is 0 Å². The number of ether oxygens (including phenoxy) is 2. The van der Waals surface area contributed by atoms with Crippen molar-refractivity contribution >= 4 is 23.0 Å². The summed E-state index contributed by atoms with van der Waals surface area (Å²) in [5.74, 6) is 0.620. The number of nitrogens with zero attached hydrogens (tertiary/aromatic N) is 3. The van der Waals surface area contributed by atoms with E-state index in [1.54, 1.807) is 10.8 Å². The fourth-order valence-electron chi connectivity index (χ4n) is 6.56. The lowest BCUT2D eigenvalue weighted by Crippen LogP contribution is -2.46. The van der Waals surface area contributed by atoms with Gasteiger partial charge in [0, 0.05) is 30.6 Å². The third kappa shape index (κ3) is 9.18. The Morgan fingerprint density at radius 1 is 0.857 bits per heavy atom. The molecular formula is C42H57N3O4. The predicted molar refractivity (Wildman–Crippen MR) is 200 cm³/mol. The molecule has 7 heteroatoms. The molecule has 49 heavy (non-hydrogen) atoms. The molecule has 2 heterocycles. The van der Waals surface area contributed by atoms with E-state index in [2.05, 4.69) is 84.9 Å². The number of rotatable bonds is 12. The maximum absolute atomic E-state index is 14.3. The van der Waals surface area contributed by atoms with Crippen molar-refractivity contribution in [2.75, 3.05) is 19.7 Å². The number of carbonyl (C=O) groups is 2. The van der Waals surface area contributed by atoms with Crippen LogP contribution >= 0.6 is 0 Å². The quantitative estimate of drug-likeness (QED) is 0.150. The minimum atomic E-state index is -0.858. The van der Waals surface area contributed by atoms with Crippen LogP contribution in [-0.2, 0) is 26.3 Å². The first-order chi connectivity index (χ1) is 22.9. The van der Waals surface area contributed by atoms with Gasteiger partial charge in [-0.05, 0) is 101 Å². The van der Waals surface area contributed by atoms with Gasteiger partial charge in [-0.25, -0.2) is 14.3 Å². The molecular weight excluding hydrogens is 610 g/mol. The summed E-state index contributed by atoms with van der Waals surface area (Å²) in [6, 6.07) is 18.5. The van der Waals surface area contributed by atoms with Gasteiger partial charge in [0.25, 0.3) is 0 Å². The van der Waals surface area contributed by atoms with E-state index in [0.29, 0.717) is 43.8 Å². The summed E-state index contributed by atoms with van der Waals surface area (Å²) in [5.41, 5.74) is 5.58. The average molecular weight is 668 g/mol. The molecule has 0 aliphatic carbocycles. The number of carbonyl (C=O) groups excluding carboxylic acids is 2. The highest BCUT2D eigenvalue weighted by molar-refractivity contribution is 5.99. The molecule has 7 nitrogen and oxygen atoms in total. The normalized spacial score (nSPS) is 12.9. The Balaban J connectivity index is 1.96. The zero-order valence-electron chi connectivity index (χ0n) is 31.8. The lowest BCUT2D eigenvalue weighted by atomic mass is 9.82. The van der Waals surface area contributed by atoms with E-state index < -0.39 is 17.1 Å². The van der Waals surface area contributed by atoms with Crippen LogP contribution in [0.25, 0.3) is 22.3 Å². The second-order valence-corrected chi connectivity index (χ2v) is 16.1. The van der Waals surface area contributed by atoms with E-state index in [0.717, 1.165) is 44.5 Å². The van der Waals surface area contributed by atoms with Crippen LogP contribution in [0, 0.1) is 25.7 Å². The molecule has 0 saturated carbocycles. The highest BCUT2D eigenvalue weighted by Crippen LogP contribution is 2.41. The molecule has 0 aliphatic heterocycles. The SMILES string of the molecule is Cc1cc(C)cc(-c2c(C(C)COCc3ccccc3)c3cc(C(C)(C)C(=O)N(CC(C)C)CC(C)C)cnc3n2C(=O)OC(C)(C)C)c1. The number of pyridine rings is 1. The smallest absolute Gasteiger partial charge is 0.420 e. The first-order valence-electron chi connectivity index (χ1n) is 17.7. The second-order valence-electron chi connectivity index (χ2n) is 16.1. The summed E-state index contributed by atoms with van der Waals surface area (Å²) in [4.78, 5) is 35.4. The predicted octanol–water partition coefficient (Wildman–Crippen LogP) is 9.84. The summed E-state index contributed by atoms with van der Waals surface area (Å²) >= 11 is 0. The molecule has 1 amide bonds. The highest BCUT2D eigenvalue weighted by Gasteiger charge is 2.37. The van der Waals surface area contributed by atoms with Crippen LogP contribution < -0.4 is 0 Å². The van der Waals surface area contributed by atoms with Crippen molar-refractivity contribution in [1.29, 1.82) is 0 Å². The first-order valence-corrected chi connectivity index (χ1v) is 17.7. The second kappa shape index (κ2) is 15.3. The lowest BCUT2D eigenvalue weighted by Gasteiger charge is -2.34. The van der Waals surface area contributed by atoms with Crippen molar-refractivity contribution in [3.05, 3.63) is 88.6 Å². The third-order valence-electron chi connectivity index (χ3n) is 8.61. The summed E-state index contributed by atoms with van der Waals surface area (Å²) in [7, 11) is 0. The van der Waals surface area contributed by atoms with Crippen LogP contribution in [0.2, 0.25) is 0 Å². The largest absolute Gasteiger partial charge is 0.443 e. The number of benzene rings is 2. The molecule has 0 aliphatic rings. The summed E-state index contributed by atoms with van der Waals surface area (Å²) in [6.07, 6.45) is 1.27. The molecule has 1 atom stereocenters. The monoisotopic (exact) mass is 667 g/mol. The molecule has 264 valence electrons.